The second-order valence-electron chi connectivity index (χ2n) is 6.55. The molecule has 0 saturated heterocycles. The number of hydrogen-bond donors (Lipinski definition) is 0. The van der Waals surface area contributed by atoms with Crippen molar-refractivity contribution in [1.29, 1.82) is 0 Å². The standard InChI is InChI=1S/C21H26N2O3/c1-22(18-7-5-4-6-8-18)11-10-21(24)23-12-9-16-13-19(25-2)20(26-3)14-17(16)15-23/h4-8,13-14H,9-12,15H2,1-3H3. The number of fused-ring (bicyclic) bond motifs is 1. The summed E-state index contributed by atoms with van der Waals surface area (Å²) >= 11 is 0. The summed E-state index contributed by atoms with van der Waals surface area (Å²) in [5, 5.41) is 0. The van der Waals surface area contributed by atoms with E-state index in [0.29, 0.717) is 25.3 Å². The average molecular weight is 354 g/mol. The van der Waals surface area contributed by atoms with E-state index in [-0.39, 0.29) is 5.91 Å². The van der Waals surface area contributed by atoms with Crippen molar-refractivity contribution in [3.63, 3.8) is 0 Å². The maximum Gasteiger partial charge on any atom is 0.224 e. The number of methoxy groups -OCH3 is 2. The van der Waals surface area contributed by atoms with Crippen molar-refractivity contribution >= 4 is 11.6 Å². The maximum absolute atomic E-state index is 12.7. The van der Waals surface area contributed by atoms with E-state index in [9.17, 15) is 4.79 Å². The number of benzene rings is 2. The molecule has 0 fully saturated rings. The van der Waals surface area contributed by atoms with Gasteiger partial charge in [0.05, 0.1) is 14.2 Å². The molecule has 5 heteroatoms. The van der Waals surface area contributed by atoms with E-state index in [0.717, 1.165) is 30.0 Å². The number of carbonyl (C=O) groups is 1. The van der Waals surface area contributed by atoms with E-state index in [2.05, 4.69) is 17.0 Å². The third-order valence-corrected chi connectivity index (χ3v) is 4.93. The van der Waals surface area contributed by atoms with E-state index in [4.69, 9.17) is 9.47 Å². The van der Waals surface area contributed by atoms with Gasteiger partial charge >= 0.3 is 0 Å². The molecular weight excluding hydrogens is 328 g/mol. The fraction of sp³-hybridized carbons (Fsp3) is 0.381. The van der Waals surface area contributed by atoms with E-state index in [1.54, 1.807) is 14.2 Å². The summed E-state index contributed by atoms with van der Waals surface area (Å²) in [6.45, 7) is 2.08. The van der Waals surface area contributed by atoms with Crippen molar-refractivity contribution in [3.05, 3.63) is 53.6 Å². The fourth-order valence-electron chi connectivity index (χ4n) is 3.33. The largest absolute Gasteiger partial charge is 0.493 e. The zero-order valence-electron chi connectivity index (χ0n) is 15.7. The molecule has 0 N–H and O–H groups in total. The highest BCUT2D eigenvalue weighted by Crippen LogP contribution is 2.33. The van der Waals surface area contributed by atoms with Gasteiger partial charge < -0.3 is 19.3 Å². The summed E-state index contributed by atoms with van der Waals surface area (Å²) in [4.78, 5) is 16.7. The van der Waals surface area contributed by atoms with Gasteiger partial charge in [-0.15, -0.1) is 0 Å². The molecule has 3 rings (SSSR count). The van der Waals surface area contributed by atoms with Crippen molar-refractivity contribution in [3.8, 4) is 11.5 Å². The molecule has 1 heterocycles. The number of ether oxygens (including phenoxy) is 2. The third-order valence-electron chi connectivity index (χ3n) is 4.93. The van der Waals surface area contributed by atoms with Crippen LogP contribution in [-0.4, -0.2) is 45.2 Å². The molecule has 1 aliphatic heterocycles. The molecule has 1 aliphatic rings. The van der Waals surface area contributed by atoms with Crippen LogP contribution in [0.25, 0.3) is 0 Å². The molecule has 0 saturated carbocycles. The SMILES string of the molecule is COc1cc2c(cc1OC)CN(C(=O)CCN(C)c1ccccc1)CC2. The van der Waals surface area contributed by atoms with Gasteiger partial charge in [-0.2, -0.15) is 0 Å². The normalized spacial score (nSPS) is 13.1. The van der Waals surface area contributed by atoms with Crippen LogP contribution in [0.5, 0.6) is 11.5 Å². The third kappa shape index (κ3) is 3.93. The highest BCUT2D eigenvalue weighted by Gasteiger charge is 2.22. The average Bonchev–Trinajstić information content (AvgIpc) is 2.70. The zero-order chi connectivity index (χ0) is 18.5. The van der Waals surface area contributed by atoms with Gasteiger partial charge in [0.1, 0.15) is 0 Å². The molecule has 26 heavy (non-hydrogen) atoms. The van der Waals surface area contributed by atoms with Crippen LogP contribution in [0.1, 0.15) is 17.5 Å². The summed E-state index contributed by atoms with van der Waals surface area (Å²) in [6.07, 6.45) is 1.35. The van der Waals surface area contributed by atoms with E-state index < -0.39 is 0 Å². The Labute approximate surface area is 155 Å². The Balaban J connectivity index is 1.62. The topological polar surface area (TPSA) is 42.0 Å². The lowest BCUT2D eigenvalue weighted by Gasteiger charge is -2.30. The molecule has 1 amide bonds. The number of nitrogens with zero attached hydrogens (tertiary/aromatic N) is 2. The highest BCUT2D eigenvalue weighted by molar-refractivity contribution is 5.77. The van der Waals surface area contributed by atoms with Gasteiger partial charge in [-0.25, -0.2) is 0 Å². The van der Waals surface area contributed by atoms with Crippen molar-refractivity contribution in [2.75, 3.05) is 39.3 Å². The maximum atomic E-state index is 12.7. The summed E-state index contributed by atoms with van der Waals surface area (Å²) in [5.74, 6) is 1.65. The van der Waals surface area contributed by atoms with Crippen molar-refractivity contribution in [2.45, 2.75) is 19.4 Å². The second-order valence-corrected chi connectivity index (χ2v) is 6.55. The quantitative estimate of drug-likeness (QED) is 0.799. The van der Waals surface area contributed by atoms with Crippen molar-refractivity contribution < 1.29 is 14.3 Å². The monoisotopic (exact) mass is 354 g/mol. The number of carbonyl (C=O) groups excluding carboxylic acids is 1. The first-order valence-electron chi connectivity index (χ1n) is 8.90. The van der Waals surface area contributed by atoms with Gasteiger partial charge in [-0.3, -0.25) is 4.79 Å². The lowest BCUT2D eigenvalue weighted by Crippen LogP contribution is -2.37. The van der Waals surface area contributed by atoms with E-state index in [1.807, 2.05) is 42.3 Å². The second kappa shape index (κ2) is 8.13. The van der Waals surface area contributed by atoms with Gasteiger partial charge in [0, 0.05) is 38.8 Å². The minimum absolute atomic E-state index is 0.188. The van der Waals surface area contributed by atoms with Gasteiger partial charge in [-0.1, -0.05) is 18.2 Å². The summed E-state index contributed by atoms with van der Waals surface area (Å²) in [5.41, 5.74) is 3.49. The summed E-state index contributed by atoms with van der Waals surface area (Å²) in [7, 11) is 5.30. The van der Waals surface area contributed by atoms with Crippen LogP contribution in [0.4, 0.5) is 5.69 Å². The molecule has 2 aromatic carbocycles. The van der Waals surface area contributed by atoms with Gasteiger partial charge in [0.15, 0.2) is 11.5 Å². The van der Waals surface area contributed by atoms with Crippen LogP contribution in [0.3, 0.4) is 0 Å². The number of anilines is 1. The Morgan fingerprint density at radius 1 is 1.08 bits per heavy atom. The lowest BCUT2D eigenvalue weighted by atomic mass is 9.98. The Morgan fingerprint density at radius 2 is 1.73 bits per heavy atom. The Bertz CT molecular complexity index is 761. The van der Waals surface area contributed by atoms with Crippen molar-refractivity contribution in [2.24, 2.45) is 0 Å². The Hall–Kier alpha value is -2.69. The van der Waals surface area contributed by atoms with Crippen LogP contribution < -0.4 is 14.4 Å². The smallest absolute Gasteiger partial charge is 0.224 e. The molecule has 5 nitrogen and oxygen atoms in total. The first-order valence-corrected chi connectivity index (χ1v) is 8.90. The molecule has 0 atom stereocenters. The Morgan fingerprint density at radius 3 is 2.38 bits per heavy atom. The molecule has 0 aromatic heterocycles. The Kier molecular flexibility index (Phi) is 5.66. The van der Waals surface area contributed by atoms with Crippen LogP contribution in [-0.2, 0) is 17.8 Å². The fourth-order valence-corrected chi connectivity index (χ4v) is 3.33. The first kappa shape index (κ1) is 18.1. The van der Waals surface area contributed by atoms with Crippen LogP contribution in [0, 0.1) is 0 Å². The molecular formula is C21H26N2O3. The number of amides is 1. The summed E-state index contributed by atoms with van der Waals surface area (Å²) < 4.78 is 10.8. The minimum atomic E-state index is 0.188. The van der Waals surface area contributed by atoms with Crippen molar-refractivity contribution in [1.82, 2.24) is 4.90 Å². The van der Waals surface area contributed by atoms with Gasteiger partial charge in [-0.05, 0) is 41.8 Å². The molecule has 2 aromatic rings. The van der Waals surface area contributed by atoms with Gasteiger partial charge in [0.2, 0.25) is 5.91 Å². The molecule has 0 spiro atoms. The first-order chi connectivity index (χ1) is 12.6. The highest BCUT2D eigenvalue weighted by atomic mass is 16.5. The summed E-state index contributed by atoms with van der Waals surface area (Å²) in [6, 6.07) is 14.1. The predicted molar refractivity (Wildman–Crippen MR) is 103 cm³/mol. The number of para-hydroxylation sites is 1. The van der Waals surface area contributed by atoms with Gasteiger partial charge in [0.25, 0.3) is 0 Å². The molecule has 0 unspecified atom stereocenters. The predicted octanol–water partition coefficient (Wildman–Crippen LogP) is 3.12. The minimum Gasteiger partial charge on any atom is -0.493 e. The molecule has 0 aliphatic carbocycles. The number of rotatable bonds is 6. The molecule has 0 bridgehead atoms. The van der Waals surface area contributed by atoms with E-state index in [1.165, 1.54) is 5.56 Å². The lowest BCUT2D eigenvalue weighted by molar-refractivity contribution is -0.131. The van der Waals surface area contributed by atoms with Crippen LogP contribution in [0.2, 0.25) is 0 Å². The van der Waals surface area contributed by atoms with E-state index >= 15 is 0 Å². The molecule has 0 radical (unpaired) electrons. The van der Waals surface area contributed by atoms with Crippen LogP contribution in [0.15, 0.2) is 42.5 Å². The number of hydrogen-bond acceptors (Lipinski definition) is 4. The van der Waals surface area contributed by atoms with Crippen LogP contribution >= 0.6 is 0 Å². The molecule has 138 valence electrons. The zero-order valence-corrected chi connectivity index (χ0v) is 15.7.